The van der Waals surface area contributed by atoms with Crippen molar-refractivity contribution in [1.82, 2.24) is 5.32 Å². The fraction of sp³-hybridized carbons (Fsp3) is 0.600. The van der Waals surface area contributed by atoms with E-state index < -0.39 is 5.54 Å². The number of furan rings is 1. The smallest absolute Gasteiger partial charge is 0.221 e. The summed E-state index contributed by atoms with van der Waals surface area (Å²) in [6.07, 6.45) is 6.09. The van der Waals surface area contributed by atoms with Crippen LogP contribution < -0.4 is 5.32 Å². The third-order valence-electron chi connectivity index (χ3n) is 3.90. The molecule has 1 aromatic heterocycles. The van der Waals surface area contributed by atoms with E-state index in [0.717, 1.165) is 31.4 Å². The highest BCUT2D eigenvalue weighted by atomic mass is 16.3. The van der Waals surface area contributed by atoms with Crippen LogP contribution >= 0.6 is 0 Å². The Morgan fingerprint density at radius 3 is 2.89 bits per heavy atom. The molecule has 0 spiro atoms. The van der Waals surface area contributed by atoms with E-state index in [1.165, 1.54) is 0 Å². The first-order valence-electron chi connectivity index (χ1n) is 6.88. The predicted molar refractivity (Wildman–Crippen MR) is 71.1 cm³/mol. The van der Waals surface area contributed by atoms with Crippen LogP contribution in [0.4, 0.5) is 0 Å². The maximum Gasteiger partial charge on any atom is 0.221 e. The number of nitrogens with one attached hydrogen (secondary N) is 1. The second-order valence-corrected chi connectivity index (χ2v) is 5.50. The Morgan fingerprint density at radius 2 is 2.32 bits per heavy atom. The largest absolute Gasteiger partial charge is 0.469 e. The van der Waals surface area contributed by atoms with Gasteiger partial charge in [0, 0.05) is 12.8 Å². The van der Waals surface area contributed by atoms with Crippen LogP contribution in [-0.4, -0.2) is 11.4 Å². The quantitative estimate of drug-likeness (QED) is 0.905. The van der Waals surface area contributed by atoms with E-state index in [9.17, 15) is 10.1 Å². The molecule has 1 N–H and O–H groups in total. The number of amides is 1. The van der Waals surface area contributed by atoms with Gasteiger partial charge in [-0.3, -0.25) is 4.79 Å². The van der Waals surface area contributed by atoms with Crippen LogP contribution in [0.15, 0.2) is 22.8 Å². The molecule has 0 unspecified atom stereocenters. The van der Waals surface area contributed by atoms with Crippen molar-refractivity contribution in [3.8, 4) is 6.07 Å². The van der Waals surface area contributed by atoms with Crippen LogP contribution in [0.5, 0.6) is 0 Å². The number of hydrogen-bond acceptors (Lipinski definition) is 3. The maximum absolute atomic E-state index is 11.9. The lowest BCUT2D eigenvalue weighted by molar-refractivity contribution is -0.122. The van der Waals surface area contributed by atoms with Crippen LogP contribution in [-0.2, 0) is 11.2 Å². The van der Waals surface area contributed by atoms with Gasteiger partial charge in [-0.15, -0.1) is 0 Å². The lowest BCUT2D eigenvalue weighted by atomic mass is 9.78. The van der Waals surface area contributed by atoms with Gasteiger partial charge in [-0.05, 0) is 43.7 Å². The molecule has 1 aliphatic rings. The van der Waals surface area contributed by atoms with Crippen LogP contribution in [0.3, 0.4) is 0 Å². The molecule has 4 heteroatoms. The summed E-state index contributed by atoms with van der Waals surface area (Å²) in [6, 6.07) is 5.98. The van der Waals surface area contributed by atoms with Gasteiger partial charge < -0.3 is 9.73 Å². The average Bonchev–Trinajstić information content (AvgIpc) is 2.93. The van der Waals surface area contributed by atoms with Gasteiger partial charge in [-0.2, -0.15) is 5.26 Å². The summed E-state index contributed by atoms with van der Waals surface area (Å²) in [4.78, 5) is 11.9. The molecule has 1 fully saturated rings. The summed E-state index contributed by atoms with van der Waals surface area (Å²) >= 11 is 0. The minimum absolute atomic E-state index is 0.0625. The molecule has 2 rings (SSSR count). The molecular formula is C15H20N2O2. The highest BCUT2D eigenvalue weighted by Gasteiger charge is 2.35. The molecular weight excluding hydrogens is 240 g/mol. The van der Waals surface area contributed by atoms with Crippen LogP contribution in [0.25, 0.3) is 0 Å². The lowest BCUT2D eigenvalue weighted by Gasteiger charge is -2.34. The standard InChI is InChI=1S/C15H20N2O2/c1-12-6-8-15(11-16,9-7-12)17-14(18)5-4-13-3-2-10-19-13/h2-3,10,12H,4-9H2,1H3,(H,17,18). The van der Waals surface area contributed by atoms with Gasteiger partial charge in [0.1, 0.15) is 11.3 Å². The van der Waals surface area contributed by atoms with E-state index >= 15 is 0 Å². The molecule has 0 bridgehead atoms. The average molecular weight is 260 g/mol. The van der Waals surface area contributed by atoms with Crippen LogP contribution in [0.2, 0.25) is 0 Å². The number of rotatable bonds is 4. The van der Waals surface area contributed by atoms with Gasteiger partial charge in [0.25, 0.3) is 0 Å². The zero-order valence-corrected chi connectivity index (χ0v) is 11.3. The first-order valence-corrected chi connectivity index (χ1v) is 6.88. The fourth-order valence-electron chi connectivity index (χ4n) is 2.54. The molecule has 0 aliphatic heterocycles. The molecule has 0 radical (unpaired) electrons. The van der Waals surface area contributed by atoms with Gasteiger partial charge in [-0.25, -0.2) is 0 Å². The Hall–Kier alpha value is -1.76. The monoisotopic (exact) mass is 260 g/mol. The minimum Gasteiger partial charge on any atom is -0.469 e. The predicted octanol–water partition coefficient (Wildman–Crippen LogP) is 2.80. The second-order valence-electron chi connectivity index (χ2n) is 5.50. The molecule has 19 heavy (non-hydrogen) atoms. The topological polar surface area (TPSA) is 66.0 Å². The number of hydrogen-bond donors (Lipinski definition) is 1. The Balaban J connectivity index is 1.85. The summed E-state index contributed by atoms with van der Waals surface area (Å²) in [5, 5.41) is 12.3. The maximum atomic E-state index is 11.9. The lowest BCUT2D eigenvalue weighted by Crippen LogP contribution is -2.49. The Labute approximate surface area is 113 Å². The molecule has 4 nitrogen and oxygen atoms in total. The van der Waals surface area contributed by atoms with E-state index in [4.69, 9.17) is 4.42 Å². The summed E-state index contributed by atoms with van der Waals surface area (Å²) in [5.41, 5.74) is -0.646. The minimum atomic E-state index is -0.646. The summed E-state index contributed by atoms with van der Waals surface area (Å²) in [7, 11) is 0. The van der Waals surface area contributed by atoms with Crippen molar-refractivity contribution in [1.29, 1.82) is 5.26 Å². The van der Waals surface area contributed by atoms with Crippen LogP contribution in [0, 0.1) is 17.2 Å². The molecule has 1 aromatic rings. The first kappa shape index (κ1) is 13.7. The first-order chi connectivity index (χ1) is 9.13. The Kier molecular flexibility index (Phi) is 4.26. The highest BCUT2D eigenvalue weighted by molar-refractivity contribution is 5.77. The Bertz CT molecular complexity index is 451. The molecule has 102 valence electrons. The van der Waals surface area contributed by atoms with Gasteiger partial charge in [0.05, 0.1) is 12.3 Å². The third-order valence-corrected chi connectivity index (χ3v) is 3.90. The van der Waals surface area contributed by atoms with E-state index in [1.54, 1.807) is 6.26 Å². The van der Waals surface area contributed by atoms with Crippen molar-refractivity contribution in [2.45, 2.75) is 51.0 Å². The molecule has 0 aromatic carbocycles. The zero-order chi connectivity index (χ0) is 13.7. The number of nitriles is 1. The van der Waals surface area contributed by atoms with E-state index in [-0.39, 0.29) is 5.91 Å². The molecule has 0 atom stereocenters. The van der Waals surface area contributed by atoms with E-state index in [1.807, 2.05) is 12.1 Å². The molecule has 0 saturated heterocycles. The molecule has 1 aliphatic carbocycles. The SMILES string of the molecule is CC1CCC(C#N)(NC(=O)CCc2ccco2)CC1. The zero-order valence-electron chi connectivity index (χ0n) is 11.3. The number of nitrogens with zero attached hydrogens (tertiary/aromatic N) is 1. The van der Waals surface area contributed by atoms with Crippen molar-refractivity contribution in [3.63, 3.8) is 0 Å². The molecule has 1 saturated carbocycles. The summed E-state index contributed by atoms with van der Waals surface area (Å²) in [5.74, 6) is 1.40. The number of aryl methyl sites for hydroxylation is 1. The number of carbonyl (C=O) groups is 1. The van der Waals surface area contributed by atoms with E-state index in [0.29, 0.717) is 18.8 Å². The van der Waals surface area contributed by atoms with Gasteiger partial charge in [0.2, 0.25) is 5.91 Å². The van der Waals surface area contributed by atoms with Gasteiger partial charge in [0.15, 0.2) is 0 Å². The number of carbonyl (C=O) groups excluding carboxylic acids is 1. The van der Waals surface area contributed by atoms with Crippen molar-refractivity contribution < 1.29 is 9.21 Å². The summed E-state index contributed by atoms with van der Waals surface area (Å²) < 4.78 is 5.19. The third kappa shape index (κ3) is 3.60. The van der Waals surface area contributed by atoms with Crippen molar-refractivity contribution in [2.75, 3.05) is 0 Å². The highest BCUT2D eigenvalue weighted by Crippen LogP contribution is 2.31. The van der Waals surface area contributed by atoms with Gasteiger partial charge >= 0.3 is 0 Å². The molecule has 1 amide bonds. The second kappa shape index (κ2) is 5.92. The van der Waals surface area contributed by atoms with Crippen molar-refractivity contribution >= 4 is 5.91 Å². The van der Waals surface area contributed by atoms with Crippen molar-refractivity contribution in [3.05, 3.63) is 24.2 Å². The summed E-state index contributed by atoms with van der Waals surface area (Å²) in [6.45, 7) is 2.19. The fourth-order valence-corrected chi connectivity index (χ4v) is 2.54. The van der Waals surface area contributed by atoms with Crippen molar-refractivity contribution in [2.24, 2.45) is 5.92 Å². The molecule has 1 heterocycles. The van der Waals surface area contributed by atoms with E-state index in [2.05, 4.69) is 18.3 Å². The van der Waals surface area contributed by atoms with Gasteiger partial charge in [-0.1, -0.05) is 6.92 Å². The Morgan fingerprint density at radius 1 is 1.58 bits per heavy atom. The normalized spacial score (nSPS) is 26.6. The van der Waals surface area contributed by atoms with Crippen LogP contribution in [0.1, 0.15) is 44.8 Å².